The Balaban J connectivity index is 3.89. The highest BCUT2D eigenvalue weighted by Gasteiger charge is 2.36. The van der Waals surface area contributed by atoms with Crippen LogP contribution in [0.15, 0.2) is 6.07 Å². The van der Waals surface area contributed by atoms with Crippen LogP contribution in [-0.4, -0.2) is 36.6 Å². The number of nitrogens with one attached hydrogen (secondary N) is 1. The first kappa shape index (κ1) is 26.4. The van der Waals surface area contributed by atoms with Crippen molar-refractivity contribution >= 4 is 17.9 Å². The Morgan fingerprint density at radius 2 is 1.42 bits per heavy atom. The molecule has 0 saturated heterocycles. The van der Waals surface area contributed by atoms with E-state index in [-0.39, 0.29) is 22.6 Å². The third-order valence-electron chi connectivity index (χ3n) is 4.34. The largest absolute Gasteiger partial charge is 0.505 e. The number of ether oxygens (including phenoxy) is 3. The van der Waals surface area contributed by atoms with Crippen LogP contribution in [0.3, 0.4) is 0 Å². The number of methoxy groups -OCH3 is 1. The zero-order valence-electron chi connectivity index (χ0n) is 20.7. The Morgan fingerprint density at radius 1 is 0.935 bits per heavy atom. The van der Waals surface area contributed by atoms with Gasteiger partial charge in [-0.1, -0.05) is 41.5 Å². The number of phenolic OH excluding ortho intramolecular Hbond substituents is 1. The van der Waals surface area contributed by atoms with Crippen LogP contribution in [0.1, 0.15) is 80.4 Å². The first-order chi connectivity index (χ1) is 14.0. The molecular formula is C23H38N2O6. The summed E-state index contributed by atoms with van der Waals surface area (Å²) < 4.78 is 16.1. The summed E-state index contributed by atoms with van der Waals surface area (Å²) in [6, 6.07) is 1.87. The molecule has 2 N–H and O–H groups in total. The van der Waals surface area contributed by atoms with Gasteiger partial charge in [-0.2, -0.15) is 5.01 Å². The number of anilines is 1. The molecule has 0 fully saturated rings. The SMILES string of the molecule is COc1c(C(C)(C)C)cc(C(C)(C)C)c(O)c1N(NC(=O)OC(C)C)C(=O)OC(C)C. The number of hydrogen-bond acceptors (Lipinski definition) is 6. The molecular weight excluding hydrogens is 400 g/mol. The van der Waals surface area contributed by atoms with E-state index in [4.69, 9.17) is 14.2 Å². The number of phenols is 1. The molecule has 31 heavy (non-hydrogen) atoms. The Kier molecular flexibility index (Phi) is 8.23. The highest BCUT2D eigenvalue weighted by molar-refractivity contribution is 5.95. The van der Waals surface area contributed by atoms with Crippen molar-refractivity contribution in [3.05, 3.63) is 17.2 Å². The van der Waals surface area contributed by atoms with Gasteiger partial charge in [-0.05, 0) is 44.6 Å². The van der Waals surface area contributed by atoms with E-state index in [0.717, 1.165) is 10.6 Å². The Labute approximate surface area is 185 Å². The van der Waals surface area contributed by atoms with E-state index in [1.807, 2.05) is 47.6 Å². The predicted octanol–water partition coefficient (Wildman–Crippen LogP) is 5.40. The van der Waals surface area contributed by atoms with E-state index in [1.165, 1.54) is 7.11 Å². The molecule has 1 rings (SSSR count). The van der Waals surface area contributed by atoms with E-state index in [0.29, 0.717) is 5.56 Å². The number of hydrogen-bond donors (Lipinski definition) is 2. The molecule has 0 unspecified atom stereocenters. The average molecular weight is 439 g/mol. The van der Waals surface area contributed by atoms with Crippen LogP contribution in [0.2, 0.25) is 0 Å². The summed E-state index contributed by atoms with van der Waals surface area (Å²) in [6.45, 7) is 18.6. The van der Waals surface area contributed by atoms with Gasteiger partial charge in [-0.3, -0.25) is 0 Å². The third-order valence-corrected chi connectivity index (χ3v) is 4.34. The lowest BCUT2D eigenvalue weighted by atomic mass is 9.79. The molecule has 1 aromatic carbocycles. The Morgan fingerprint density at radius 3 is 1.81 bits per heavy atom. The number of aromatic hydroxyl groups is 1. The molecule has 0 bridgehead atoms. The fraction of sp³-hybridized carbons (Fsp3) is 0.652. The minimum atomic E-state index is -0.879. The standard InChI is InChI=1S/C23H38N2O6/c1-13(2)30-20(27)24-25(21(28)31-14(3)4)17-18(26)15(22(5,6)7)12-16(19(17)29-11)23(8,9)10/h12-14,26H,1-11H3,(H,24,27). The van der Waals surface area contributed by atoms with Crippen molar-refractivity contribution in [2.24, 2.45) is 0 Å². The molecule has 0 aliphatic rings. The van der Waals surface area contributed by atoms with Gasteiger partial charge in [0, 0.05) is 11.1 Å². The van der Waals surface area contributed by atoms with Gasteiger partial charge >= 0.3 is 12.2 Å². The van der Waals surface area contributed by atoms with Crippen molar-refractivity contribution in [3.8, 4) is 11.5 Å². The van der Waals surface area contributed by atoms with Gasteiger partial charge in [0.15, 0.2) is 11.4 Å². The molecule has 0 saturated carbocycles. The summed E-state index contributed by atoms with van der Waals surface area (Å²) in [4.78, 5) is 25.4. The summed E-state index contributed by atoms with van der Waals surface area (Å²) in [7, 11) is 1.45. The van der Waals surface area contributed by atoms with Crippen LogP contribution in [0.4, 0.5) is 15.3 Å². The highest BCUT2D eigenvalue weighted by atomic mass is 16.6. The van der Waals surface area contributed by atoms with Crippen molar-refractivity contribution in [2.45, 2.75) is 92.3 Å². The number of hydrazine groups is 1. The van der Waals surface area contributed by atoms with Gasteiger partial charge in [-0.25, -0.2) is 15.0 Å². The fourth-order valence-corrected chi connectivity index (χ4v) is 2.96. The van der Waals surface area contributed by atoms with E-state index >= 15 is 0 Å². The molecule has 0 atom stereocenters. The van der Waals surface area contributed by atoms with Crippen LogP contribution < -0.4 is 15.2 Å². The van der Waals surface area contributed by atoms with Crippen LogP contribution >= 0.6 is 0 Å². The van der Waals surface area contributed by atoms with Crippen molar-refractivity contribution < 1.29 is 28.9 Å². The minimum Gasteiger partial charge on any atom is -0.505 e. The number of amides is 2. The molecule has 8 nitrogen and oxygen atoms in total. The van der Waals surface area contributed by atoms with E-state index < -0.39 is 29.8 Å². The van der Waals surface area contributed by atoms with Crippen molar-refractivity contribution in [1.29, 1.82) is 0 Å². The van der Waals surface area contributed by atoms with Crippen molar-refractivity contribution in [1.82, 2.24) is 5.43 Å². The van der Waals surface area contributed by atoms with Crippen LogP contribution in [-0.2, 0) is 20.3 Å². The summed E-state index contributed by atoms with van der Waals surface area (Å²) in [5.41, 5.74) is 2.89. The topological polar surface area (TPSA) is 97.3 Å². The quantitative estimate of drug-likeness (QED) is 0.611. The van der Waals surface area contributed by atoms with Crippen LogP contribution in [0.25, 0.3) is 0 Å². The number of carbonyl (C=O) groups excluding carboxylic acids is 2. The summed E-state index contributed by atoms with van der Waals surface area (Å²) >= 11 is 0. The zero-order chi connectivity index (χ0) is 24.3. The maximum absolute atomic E-state index is 13.0. The lowest BCUT2D eigenvalue weighted by Gasteiger charge is -2.33. The lowest BCUT2D eigenvalue weighted by Crippen LogP contribution is -2.48. The van der Waals surface area contributed by atoms with Gasteiger partial charge < -0.3 is 19.3 Å². The summed E-state index contributed by atoms with van der Waals surface area (Å²) in [5.74, 6) is 0.0615. The molecule has 176 valence electrons. The van der Waals surface area contributed by atoms with E-state index in [2.05, 4.69) is 5.43 Å². The second-order valence-electron chi connectivity index (χ2n) is 10.0. The monoisotopic (exact) mass is 438 g/mol. The summed E-state index contributed by atoms with van der Waals surface area (Å²) in [5, 5.41) is 12.1. The Hall–Kier alpha value is -2.64. The number of carbonyl (C=O) groups is 2. The molecule has 8 heteroatoms. The maximum atomic E-state index is 13.0. The number of rotatable bonds is 4. The molecule has 0 aromatic heterocycles. The Bertz CT molecular complexity index is 804. The second kappa shape index (κ2) is 9.66. The third kappa shape index (κ3) is 6.67. The van der Waals surface area contributed by atoms with Gasteiger partial charge in [0.1, 0.15) is 5.75 Å². The minimum absolute atomic E-state index is 0.00814. The van der Waals surface area contributed by atoms with Crippen LogP contribution in [0.5, 0.6) is 11.5 Å². The van der Waals surface area contributed by atoms with E-state index in [9.17, 15) is 14.7 Å². The second-order valence-corrected chi connectivity index (χ2v) is 10.0. The molecule has 0 aliphatic carbocycles. The van der Waals surface area contributed by atoms with Crippen molar-refractivity contribution in [3.63, 3.8) is 0 Å². The maximum Gasteiger partial charge on any atom is 0.434 e. The number of nitrogens with zero attached hydrogens (tertiary/aromatic N) is 1. The zero-order valence-corrected chi connectivity index (χ0v) is 20.7. The molecule has 0 heterocycles. The first-order valence-corrected chi connectivity index (χ1v) is 10.4. The smallest absolute Gasteiger partial charge is 0.434 e. The molecule has 0 aliphatic heterocycles. The van der Waals surface area contributed by atoms with Crippen molar-refractivity contribution in [2.75, 3.05) is 12.1 Å². The average Bonchev–Trinajstić information content (AvgIpc) is 2.55. The lowest BCUT2D eigenvalue weighted by molar-refractivity contribution is 0.103. The van der Waals surface area contributed by atoms with Crippen LogP contribution in [0, 0.1) is 0 Å². The van der Waals surface area contributed by atoms with Gasteiger partial charge in [0.2, 0.25) is 0 Å². The first-order valence-electron chi connectivity index (χ1n) is 10.4. The normalized spacial score (nSPS) is 12.0. The molecule has 0 radical (unpaired) electrons. The molecule has 2 amide bonds. The predicted molar refractivity (Wildman–Crippen MR) is 121 cm³/mol. The van der Waals surface area contributed by atoms with E-state index in [1.54, 1.807) is 27.7 Å². The molecule has 1 aromatic rings. The summed E-state index contributed by atoms with van der Waals surface area (Å²) in [6.07, 6.45) is -2.62. The molecule has 0 spiro atoms. The van der Waals surface area contributed by atoms with Gasteiger partial charge in [0.25, 0.3) is 0 Å². The highest BCUT2D eigenvalue weighted by Crippen LogP contribution is 2.49. The fourth-order valence-electron chi connectivity index (χ4n) is 2.96. The van der Waals surface area contributed by atoms with Gasteiger partial charge in [0.05, 0.1) is 19.3 Å². The van der Waals surface area contributed by atoms with Gasteiger partial charge in [-0.15, -0.1) is 0 Å². The number of benzene rings is 1.